The highest BCUT2D eigenvalue weighted by molar-refractivity contribution is 6.33. The van der Waals surface area contributed by atoms with Gasteiger partial charge in [-0.05, 0) is 42.7 Å². The fourth-order valence-electron chi connectivity index (χ4n) is 4.30. The summed E-state index contributed by atoms with van der Waals surface area (Å²) in [6, 6.07) is 13.2. The van der Waals surface area contributed by atoms with E-state index >= 15 is 0 Å². The molecule has 1 fully saturated rings. The van der Waals surface area contributed by atoms with Crippen LogP contribution < -0.4 is 0 Å². The smallest absolute Gasteiger partial charge is 0.165 e. The Hall–Kier alpha value is -2.83. The molecule has 0 spiro atoms. The van der Waals surface area contributed by atoms with Gasteiger partial charge in [-0.3, -0.25) is 9.97 Å². The van der Waals surface area contributed by atoms with Gasteiger partial charge in [0.25, 0.3) is 0 Å². The van der Waals surface area contributed by atoms with Gasteiger partial charge in [-0.2, -0.15) is 0 Å². The molecular weight excluding hydrogens is 436 g/mol. The first-order valence-corrected chi connectivity index (χ1v) is 10.6. The van der Waals surface area contributed by atoms with Crippen LogP contribution >= 0.6 is 23.2 Å². The lowest BCUT2D eigenvalue weighted by molar-refractivity contribution is 0.114. The number of nitrogens with zero attached hydrogens (tertiary/aromatic N) is 5. The van der Waals surface area contributed by atoms with Crippen molar-refractivity contribution in [3.63, 3.8) is 0 Å². The normalized spacial score (nSPS) is 20.5. The molecule has 0 atom stereocenters. The van der Waals surface area contributed by atoms with Crippen molar-refractivity contribution in [3.8, 4) is 22.6 Å². The van der Waals surface area contributed by atoms with Gasteiger partial charge in [-0.1, -0.05) is 41.4 Å². The monoisotopic (exact) mass is 453 g/mol. The van der Waals surface area contributed by atoms with E-state index in [0.29, 0.717) is 34.5 Å². The highest BCUT2D eigenvalue weighted by atomic mass is 35.5. The summed E-state index contributed by atoms with van der Waals surface area (Å²) in [6.45, 7) is 0. The van der Waals surface area contributed by atoms with E-state index in [1.54, 1.807) is 18.6 Å². The zero-order valence-electron chi connectivity index (χ0n) is 16.6. The zero-order chi connectivity index (χ0) is 21.6. The number of halogens is 3. The summed E-state index contributed by atoms with van der Waals surface area (Å²) < 4.78 is 16.0. The van der Waals surface area contributed by atoms with E-state index in [-0.39, 0.29) is 0 Å². The van der Waals surface area contributed by atoms with Crippen LogP contribution in [0.3, 0.4) is 0 Å². The summed E-state index contributed by atoms with van der Waals surface area (Å²) in [5, 5.41) is 10.1. The van der Waals surface area contributed by atoms with Crippen LogP contribution in [0.4, 0.5) is 4.39 Å². The molecule has 0 unspecified atom stereocenters. The lowest BCUT2D eigenvalue weighted by Crippen LogP contribution is -2.45. The quantitative estimate of drug-likeness (QED) is 0.399. The maximum absolute atomic E-state index is 14.1. The molecule has 5 nitrogen and oxygen atoms in total. The number of benzene rings is 2. The van der Waals surface area contributed by atoms with Crippen LogP contribution in [0.1, 0.15) is 24.2 Å². The molecule has 1 aliphatic carbocycles. The van der Waals surface area contributed by atoms with Crippen molar-refractivity contribution < 1.29 is 4.39 Å². The molecular formula is C23H18Cl2FN5. The van der Waals surface area contributed by atoms with E-state index in [4.69, 9.17) is 23.2 Å². The molecule has 156 valence electrons. The van der Waals surface area contributed by atoms with Crippen molar-refractivity contribution in [1.29, 1.82) is 0 Å². The maximum atomic E-state index is 14.1. The Bertz CT molecular complexity index is 1230. The lowest BCUT2D eigenvalue weighted by atomic mass is 9.62. The highest BCUT2D eigenvalue weighted by Crippen LogP contribution is 2.50. The van der Waals surface area contributed by atoms with Gasteiger partial charge >= 0.3 is 0 Å². The summed E-state index contributed by atoms with van der Waals surface area (Å²) >= 11 is 12.7. The molecule has 4 aromatic rings. The molecule has 8 heteroatoms. The molecule has 2 heterocycles. The fourth-order valence-corrected chi connectivity index (χ4v) is 4.69. The Balaban J connectivity index is 1.55. The van der Waals surface area contributed by atoms with Crippen LogP contribution in [0.15, 0.2) is 61.1 Å². The van der Waals surface area contributed by atoms with Gasteiger partial charge < -0.3 is 4.57 Å². The number of alkyl halides is 1. The predicted octanol–water partition coefficient (Wildman–Crippen LogP) is 5.66. The Morgan fingerprint density at radius 1 is 1.03 bits per heavy atom. The molecule has 1 saturated carbocycles. The third kappa shape index (κ3) is 3.40. The Morgan fingerprint density at radius 3 is 2.45 bits per heavy atom. The van der Waals surface area contributed by atoms with Crippen LogP contribution in [-0.4, -0.2) is 30.9 Å². The Kier molecular flexibility index (Phi) is 4.99. The van der Waals surface area contributed by atoms with Gasteiger partial charge in [0.15, 0.2) is 5.82 Å². The molecule has 0 amide bonds. The molecule has 0 radical (unpaired) electrons. The molecule has 2 aromatic carbocycles. The third-order valence-electron chi connectivity index (χ3n) is 5.91. The molecule has 0 bridgehead atoms. The van der Waals surface area contributed by atoms with E-state index in [9.17, 15) is 4.39 Å². The molecule has 5 rings (SSSR count). The largest absolute Gasteiger partial charge is 0.313 e. The molecule has 2 aromatic heterocycles. The second-order valence-electron chi connectivity index (χ2n) is 7.79. The summed E-state index contributed by atoms with van der Waals surface area (Å²) in [5.74, 6) is 1.34. The van der Waals surface area contributed by atoms with Crippen LogP contribution in [0.2, 0.25) is 10.0 Å². The van der Waals surface area contributed by atoms with Gasteiger partial charge in [0.05, 0.1) is 22.3 Å². The fraction of sp³-hybridized carbons (Fsp3) is 0.217. The van der Waals surface area contributed by atoms with Crippen molar-refractivity contribution in [2.45, 2.75) is 24.4 Å². The lowest BCUT2D eigenvalue weighted by Gasteiger charge is -2.43. The number of aromatic nitrogens is 5. The van der Waals surface area contributed by atoms with E-state index < -0.39 is 11.6 Å². The number of hydrogen-bond acceptors (Lipinski definition) is 4. The predicted molar refractivity (Wildman–Crippen MR) is 119 cm³/mol. The second-order valence-corrected chi connectivity index (χ2v) is 8.63. The average Bonchev–Trinajstić information content (AvgIpc) is 3.14. The molecule has 0 aliphatic heterocycles. The first kappa shape index (κ1) is 20.1. The van der Waals surface area contributed by atoms with Crippen molar-refractivity contribution >= 4 is 23.2 Å². The highest BCUT2D eigenvalue weighted by Gasteiger charge is 2.50. The van der Waals surface area contributed by atoms with Crippen LogP contribution in [0.25, 0.3) is 22.6 Å². The second kappa shape index (κ2) is 7.70. The Labute approximate surface area is 188 Å². The minimum atomic E-state index is -0.870. The summed E-state index contributed by atoms with van der Waals surface area (Å²) in [6.07, 6.45) is 4.80. The van der Waals surface area contributed by atoms with Gasteiger partial charge in [0, 0.05) is 35.6 Å². The minimum absolute atomic E-state index is 0.361. The topological polar surface area (TPSA) is 56.5 Å². The standard InChI is InChI=1S/C23H18Cl2FN5/c1-31-21(18-7-2-14(10-19(18)25)20-13-27-8-9-28-20)29-30-22(31)23(11-17(26)12-23)15-3-5-16(24)6-4-15/h2-10,13,17H,11-12H2,1H3/t17-,23-. The summed E-state index contributed by atoms with van der Waals surface area (Å²) in [5.41, 5.74) is 2.80. The average molecular weight is 454 g/mol. The SMILES string of the molecule is Cn1c(-c2ccc(-c3cnccn3)cc2Cl)nnc1[C@]1(c2ccc(Cl)cc2)C[C@@H](F)C1. The van der Waals surface area contributed by atoms with Gasteiger partial charge in [-0.25, -0.2) is 4.39 Å². The number of hydrogen-bond donors (Lipinski definition) is 0. The van der Waals surface area contributed by atoms with Crippen molar-refractivity contribution in [2.24, 2.45) is 7.05 Å². The molecule has 31 heavy (non-hydrogen) atoms. The van der Waals surface area contributed by atoms with Crippen molar-refractivity contribution in [1.82, 2.24) is 24.7 Å². The van der Waals surface area contributed by atoms with E-state index in [2.05, 4.69) is 20.2 Å². The minimum Gasteiger partial charge on any atom is -0.313 e. The van der Waals surface area contributed by atoms with Crippen molar-refractivity contribution in [3.05, 3.63) is 82.5 Å². The molecule has 0 N–H and O–H groups in total. The molecule has 0 saturated heterocycles. The van der Waals surface area contributed by atoms with Gasteiger partial charge in [0.2, 0.25) is 0 Å². The first-order chi connectivity index (χ1) is 15.0. The van der Waals surface area contributed by atoms with Gasteiger partial charge in [-0.15, -0.1) is 10.2 Å². The van der Waals surface area contributed by atoms with E-state index in [0.717, 1.165) is 22.4 Å². The summed E-state index contributed by atoms with van der Waals surface area (Å²) in [4.78, 5) is 8.41. The van der Waals surface area contributed by atoms with Gasteiger partial charge in [0.1, 0.15) is 12.0 Å². The van der Waals surface area contributed by atoms with E-state index in [1.165, 1.54) is 0 Å². The van der Waals surface area contributed by atoms with Crippen molar-refractivity contribution in [2.75, 3.05) is 0 Å². The molecule has 1 aliphatic rings. The number of rotatable bonds is 4. The van der Waals surface area contributed by atoms with Crippen LogP contribution in [-0.2, 0) is 12.5 Å². The Morgan fingerprint density at radius 2 is 1.81 bits per heavy atom. The third-order valence-corrected chi connectivity index (χ3v) is 6.47. The summed E-state index contributed by atoms with van der Waals surface area (Å²) in [7, 11) is 1.89. The first-order valence-electron chi connectivity index (χ1n) is 9.84. The van der Waals surface area contributed by atoms with Crippen LogP contribution in [0.5, 0.6) is 0 Å². The van der Waals surface area contributed by atoms with Crippen LogP contribution in [0, 0.1) is 0 Å². The zero-order valence-corrected chi connectivity index (χ0v) is 18.1. The maximum Gasteiger partial charge on any atom is 0.165 e. The van der Waals surface area contributed by atoms with E-state index in [1.807, 2.05) is 54.1 Å².